The second-order valence-corrected chi connectivity index (χ2v) is 7.20. The number of alkyl halides is 3. The molecule has 0 unspecified atom stereocenters. The number of nitrogens with zero attached hydrogens (tertiary/aromatic N) is 1. The molecule has 0 saturated carbocycles. The normalized spacial score (nSPS) is 11.0. The molecule has 2 aromatic rings. The molecule has 8 nitrogen and oxygen atoms in total. The minimum absolute atomic E-state index is 0.00969. The van der Waals surface area contributed by atoms with Crippen LogP contribution < -0.4 is 15.4 Å². The Morgan fingerprint density at radius 1 is 0.941 bits per heavy atom. The van der Waals surface area contributed by atoms with E-state index in [1.165, 1.54) is 19.1 Å². The summed E-state index contributed by atoms with van der Waals surface area (Å²) in [5.41, 5.74) is -0.357. The van der Waals surface area contributed by atoms with E-state index in [-0.39, 0.29) is 25.2 Å². The number of carbonyl (C=O) groups excluding carboxylic acids is 3. The molecule has 0 fully saturated rings. The van der Waals surface area contributed by atoms with Crippen LogP contribution in [-0.4, -0.2) is 63.1 Å². The molecule has 0 aliphatic carbocycles. The first kappa shape index (κ1) is 26.7. The highest BCUT2D eigenvalue weighted by Gasteiger charge is 2.30. The van der Waals surface area contributed by atoms with Crippen molar-refractivity contribution in [2.75, 3.05) is 45.8 Å². The van der Waals surface area contributed by atoms with Gasteiger partial charge in [-0.3, -0.25) is 14.4 Å². The zero-order valence-electron chi connectivity index (χ0n) is 18.8. The van der Waals surface area contributed by atoms with Crippen molar-refractivity contribution >= 4 is 23.4 Å². The van der Waals surface area contributed by atoms with Crippen LogP contribution in [0.1, 0.15) is 22.3 Å². The van der Waals surface area contributed by atoms with Gasteiger partial charge in [0, 0.05) is 31.5 Å². The smallest absolute Gasteiger partial charge is 0.416 e. The lowest BCUT2D eigenvalue weighted by atomic mass is 10.1. The lowest BCUT2D eigenvalue weighted by Gasteiger charge is -2.22. The first-order valence-electron chi connectivity index (χ1n) is 10.3. The standard InChI is InChI=1S/C23H26F3N3O5/c1-33-13-3-12-29(22(32)16-4-6-17(7-5-16)23(24,25)26)15-21(31)27-14-20(30)28-18-8-10-19(34-2)11-9-18/h4-11H,3,12-15H2,1-2H3,(H,27,31)(H,28,30). The highest BCUT2D eigenvalue weighted by molar-refractivity contribution is 5.98. The van der Waals surface area contributed by atoms with E-state index in [0.29, 0.717) is 24.5 Å². The molecule has 184 valence electrons. The number of nitrogens with one attached hydrogen (secondary N) is 2. The molecule has 0 heterocycles. The van der Waals surface area contributed by atoms with E-state index in [9.17, 15) is 27.6 Å². The molecule has 0 aromatic heterocycles. The number of carbonyl (C=O) groups is 3. The van der Waals surface area contributed by atoms with E-state index in [4.69, 9.17) is 9.47 Å². The summed E-state index contributed by atoms with van der Waals surface area (Å²) < 4.78 is 48.3. The van der Waals surface area contributed by atoms with E-state index in [1.807, 2.05) is 0 Å². The molecule has 0 aliphatic rings. The Kier molecular flexibility index (Phi) is 9.87. The quantitative estimate of drug-likeness (QED) is 0.481. The summed E-state index contributed by atoms with van der Waals surface area (Å²) in [6.45, 7) is -0.244. The maximum Gasteiger partial charge on any atom is 0.416 e. The molecule has 0 atom stereocenters. The number of ether oxygens (including phenoxy) is 2. The Morgan fingerprint density at radius 3 is 2.15 bits per heavy atom. The van der Waals surface area contributed by atoms with Crippen LogP contribution in [0.5, 0.6) is 5.75 Å². The largest absolute Gasteiger partial charge is 0.497 e. The van der Waals surface area contributed by atoms with Gasteiger partial charge in [0.05, 0.1) is 25.8 Å². The van der Waals surface area contributed by atoms with Gasteiger partial charge in [-0.05, 0) is 55.0 Å². The Balaban J connectivity index is 1.95. The Morgan fingerprint density at radius 2 is 1.59 bits per heavy atom. The van der Waals surface area contributed by atoms with Crippen molar-refractivity contribution in [2.45, 2.75) is 12.6 Å². The van der Waals surface area contributed by atoms with Crippen molar-refractivity contribution in [1.29, 1.82) is 0 Å². The average Bonchev–Trinajstić information content (AvgIpc) is 2.82. The summed E-state index contributed by atoms with van der Waals surface area (Å²) in [7, 11) is 3.00. The minimum atomic E-state index is -4.52. The summed E-state index contributed by atoms with van der Waals surface area (Å²) in [6, 6.07) is 10.4. The molecule has 3 amide bonds. The fourth-order valence-corrected chi connectivity index (χ4v) is 2.92. The first-order valence-corrected chi connectivity index (χ1v) is 10.3. The molecule has 0 aliphatic heterocycles. The van der Waals surface area contributed by atoms with Crippen molar-refractivity contribution in [3.8, 4) is 5.75 Å². The third kappa shape index (κ3) is 8.39. The maximum atomic E-state index is 12.8. The minimum Gasteiger partial charge on any atom is -0.497 e. The van der Waals surface area contributed by atoms with Crippen molar-refractivity contribution < 1.29 is 37.0 Å². The van der Waals surface area contributed by atoms with Crippen LogP contribution in [0.15, 0.2) is 48.5 Å². The van der Waals surface area contributed by atoms with E-state index < -0.39 is 29.5 Å². The molecular weight excluding hydrogens is 455 g/mol. The highest BCUT2D eigenvalue weighted by atomic mass is 19.4. The van der Waals surface area contributed by atoms with Gasteiger partial charge < -0.3 is 25.0 Å². The van der Waals surface area contributed by atoms with Crippen LogP contribution in [0.4, 0.5) is 18.9 Å². The lowest BCUT2D eigenvalue weighted by Crippen LogP contribution is -2.43. The van der Waals surface area contributed by atoms with Crippen molar-refractivity contribution in [1.82, 2.24) is 10.2 Å². The van der Waals surface area contributed by atoms with Gasteiger partial charge in [-0.2, -0.15) is 13.2 Å². The molecule has 0 spiro atoms. The van der Waals surface area contributed by atoms with Gasteiger partial charge in [0.1, 0.15) is 5.75 Å². The number of anilines is 1. The van der Waals surface area contributed by atoms with Gasteiger partial charge in [-0.25, -0.2) is 0 Å². The molecule has 2 rings (SSSR count). The lowest BCUT2D eigenvalue weighted by molar-refractivity contribution is -0.137. The molecule has 11 heteroatoms. The van der Waals surface area contributed by atoms with Gasteiger partial charge in [-0.1, -0.05) is 0 Å². The van der Waals surface area contributed by atoms with Crippen molar-refractivity contribution in [3.05, 3.63) is 59.7 Å². The van der Waals surface area contributed by atoms with Gasteiger partial charge in [-0.15, -0.1) is 0 Å². The average molecular weight is 481 g/mol. The van der Waals surface area contributed by atoms with Crippen LogP contribution in [-0.2, 0) is 20.5 Å². The Bertz CT molecular complexity index is 963. The zero-order chi connectivity index (χ0) is 25.1. The number of hydrogen-bond donors (Lipinski definition) is 2. The number of methoxy groups -OCH3 is 2. The molecule has 2 aromatic carbocycles. The van der Waals surface area contributed by atoms with Gasteiger partial charge >= 0.3 is 6.18 Å². The molecule has 0 radical (unpaired) electrons. The molecule has 34 heavy (non-hydrogen) atoms. The van der Waals surface area contributed by atoms with E-state index in [1.54, 1.807) is 24.3 Å². The summed E-state index contributed by atoms with van der Waals surface area (Å²) in [4.78, 5) is 38.5. The van der Waals surface area contributed by atoms with Crippen LogP contribution in [0.25, 0.3) is 0 Å². The summed E-state index contributed by atoms with van der Waals surface area (Å²) in [5, 5.41) is 5.04. The van der Waals surface area contributed by atoms with E-state index in [2.05, 4.69) is 10.6 Å². The van der Waals surface area contributed by atoms with Gasteiger partial charge in [0.15, 0.2) is 0 Å². The SMILES string of the molecule is COCCCN(CC(=O)NCC(=O)Nc1ccc(OC)cc1)C(=O)c1ccc(C(F)(F)F)cc1. The second-order valence-electron chi connectivity index (χ2n) is 7.20. The van der Waals surface area contributed by atoms with E-state index in [0.717, 1.165) is 24.3 Å². The maximum absolute atomic E-state index is 12.8. The van der Waals surface area contributed by atoms with Gasteiger partial charge in [0.2, 0.25) is 11.8 Å². The van der Waals surface area contributed by atoms with Gasteiger partial charge in [0.25, 0.3) is 5.91 Å². The number of amides is 3. The zero-order valence-corrected chi connectivity index (χ0v) is 18.8. The third-order valence-electron chi connectivity index (χ3n) is 4.68. The van der Waals surface area contributed by atoms with Crippen molar-refractivity contribution in [2.24, 2.45) is 0 Å². The highest BCUT2D eigenvalue weighted by Crippen LogP contribution is 2.29. The predicted molar refractivity (Wildman–Crippen MR) is 118 cm³/mol. The topological polar surface area (TPSA) is 97.0 Å². The van der Waals surface area contributed by atoms with Crippen LogP contribution >= 0.6 is 0 Å². The number of hydrogen-bond acceptors (Lipinski definition) is 5. The number of halogens is 3. The van der Waals surface area contributed by atoms with Crippen molar-refractivity contribution in [3.63, 3.8) is 0 Å². The Hall–Kier alpha value is -3.60. The van der Waals surface area contributed by atoms with Crippen LogP contribution in [0, 0.1) is 0 Å². The third-order valence-corrected chi connectivity index (χ3v) is 4.68. The van der Waals surface area contributed by atoms with Crippen LogP contribution in [0.3, 0.4) is 0 Å². The second kappa shape index (κ2) is 12.6. The number of rotatable bonds is 11. The first-order chi connectivity index (χ1) is 16.1. The van der Waals surface area contributed by atoms with Crippen LogP contribution in [0.2, 0.25) is 0 Å². The summed E-state index contributed by atoms with van der Waals surface area (Å²) >= 11 is 0. The Labute approximate surface area is 195 Å². The molecule has 2 N–H and O–H groups in total. The predicted octanol–water partition coefficient (Wildman–Crippen LogP) is 2.95. The fourth-order valence-electron chi connectivity index (χ4n) is 2.92. The van der Waals surface area contributed by atoms with E-state index >= 15 is 0 Å². The fraction of sp³-hybridized carbons (Fsp3) is 0.348. The number of benzene rings is 2. The summed E-state index contributed by atoms with van der Waals surface area (Å²) in [6.07, 6.45) is -4.11. The molecule has 0 saturated heterocycles. The molecular formula is C23H26F3N3O5. The molecule has 0 bridgehead atoms. The summed E-state index contributed by atoms with van der Waals surface area (Å²) in [5.74, 6) is -1.05. The monoisotopic (exact) mass is 481 g/mol.